The van der Waals surface area contributed by atoms with E-state index in [1.165, 1.54) is 12.7 Å². The first-order chi connectivity index (χ1) is 9.68. The Hall–Kier alpha value is -1.65. The number of benzene rings is 1. The van der Waals surface area contributed by atoms with Crippen molar-refractivity contribution < 1.29 is 9.53 Å². The monoisotopic (exact) mass is 287 g/mol. The highest BCUT2D eigenvalue weighted by molar-refractivity contribution is 7.08. The van der Waals surface area contributed by atoms with Gasteiger partial charge >= 0.3 is 5.97 Å². The van der Waals surface area contributed by atoms with Crippen LogP contribution >= 0.6 is 11.3 Å². The van der Waals surface area contributed by atoms with Crippen molar-refractivity contribution in [3.8, 4) is 0 Å². The summed E-state index contributed by atoms with van der Waals surface area (Å²) in [6.07, 6.45) is 0. The summed E-state index contributed by atoms with van der Waals surface area (Å²) in [4.78, 5) is 14.8. The molecule has 1 aliphatic rings. The number of fused-ring (bicyclic) bond motifs is 1. The minimum atomic E-state index is -0.710. The van der Waals surface area contributed by atoms with Crippen LogP contribution in [-0.2, 0) is 21.5 Å². The molecule has 20 heavy (non-hydrogen) atoms. The Kier molecular flexibility index (Phi) is 3.36. The maximum absolute atomic E-state index is 12.7. The van der Waals surface area contributed by atoms with Crippen molar-refractivity contribution in [3.63, 3.8) is 0 Å². The summed E-state index contributed by atoms with van der Waals surface area (Å²) < 4.78 is 5.16. The molecule has 1 atom stereocenters. The summed E-state index contributed by atoms with van der Waals surface area (Å²) in [7, 11) is 3.51. The predicted octanol–water partition coefficient (Wildman–Crippen LogP) is 2.65. The lowest BCUT2D eigenvalue weighted by Crippen LogP contribution is -2.50. The van der Waals surface area contributed by atoms with Gasteiger partial charge in [0, 0.05) is 13.1 Å². The summed E-state index contributed by atoms with van der Waals surface area (Å²) in [5, 5.41) is 4.06. The molecule has 2 aromatic rings. The molecule has 1 aliphatic heterocycles. The number of hydrogen-bond donors (Lipinski definition) is 0. The van der Waals surface area contributed by atoms with Gasteiger partial charge in [0.25, 0.3) is 0 Å². The largest absolute Gasteiger partial charge is 0.468 e. The van der Waals surface area contributed by atoms with Gasteiger partial charge < -0.3 is 9.64 Å². The van der Waals surface area contributed by atoms with Crippen LogP contribution in [0.4, 0.5) is 0 Å². The Morgan fingerprint density at radius 3 is 2.85 bits per heavy atom. The highest BCUT2D eigenvalue weighted by atomic mass is 32.1. The topological polar surface area (TPSA) is 29.5 Å². The number of methoxy groups -OCH3 is 1. The fraction of sp³-hybridized carbons (Fsp3) is 0.312. The first-order valence-electron chi connectivity index (χ1n) is 6.56. The SMILES string of the molecule is COC(=O)C1(c2ccsc2)CN(C)Cc2ccccc21. The fourth-order valence-corrected chi connectivity index (χ4v) is 3.86. The second kappa shape index (κ2) is 5.04. The number of nitrogens with zero attached hydrogens (tertiary/aromatic N) is 1. The summed E-state index contributed by atoms with van der Waals surface area (Å²) in [5.41, 5.74) is 2.58. The van der Waals surface area contributed by atoms with Crippen molar-refractivity contribution in [3.05, 3.63) is 57.8 Å². The number of likely N-dealkylation sites (N-methyl/N-ethyl adjacent to an activating group) is 1. The molecular formula is C16H17NO2S. The molecule has 0 fully saturated rings. The van der Waals surface area contributed by atoms with E-state index in [-0.39, 0.29) is 5.97 Å². The Bertz CT molecular complexity index is 623. The molecule has 0 saturated heterocycles. The fourth-order valence-electron chi connectivity index (χ4n) is 3.13. The molecule has 2 heterocycles. The third kappa shape index (κ3) is 1.87. The zero-order valence-electron chi connectivity index (χ0n) is 11.6. The number of hydrogen-bond acceptors (Lipinski definition) is 4. The van der Waals surface area contributed by atoms with E-state index in [1.54, 1.807) is 11.3 Å². The number of carbonyl (C=O) groups is 1. The third-order valence-electron chi connectivity index (χ3n) is 3.97. The van der Waals surface area contributed by atoms with Gasteiger partial charge in [0.05, 0.1) is 7.11 Å². The lowest BCUT2D eigenvalue weighted by atomic mass is 9.71. The zero-order chi connectivity index (χ0) is 14.2. The van der Waals surface area contributed by atoms with Gasteiger partial charge in [-0.2, -0.15) is 11.3 Å². The lowest BCUT2D eigenvalue weighted by Gasteiger charge is -2.40. The van der Waals surface area contributed by atoms with E-state index >= 15 is 0 Å². The van der Waals surface area contributed by atoms with Crippen molar-refractivity contribution in [2.45, 2.75) is 12.0 Å². The van der Waals surface area contributed by atoms with Crippen molar-refractivity contribution in [2.24, 2.45) is 0 Å². The number of carbonyl (C=O) groups excluding carboxylic acids is 1. The Labute approximate surface area is 122 Å². The average Bonchev–Trinajstić information content (AvgIpc) is 2.99. The molecule has 4 heteroatoms. The quantitative estimate of drug-likeness (QED) is 0.795. The Balaban J connectivity index is 2.27. The van der Waals surface area contributed by atoms with E-state index in [4.69, 9.17) is 4.74 Å². The predicted molar refractivity (Wildman–Crippen MR) is 79.9 cm³/mol. The van der Waals surface area contributed by atoms with Gasteiger partial charge in [-0.1, -0.05) is 24.3 Å². The molecule has 0 bridgehead atoms. The van der Waals surface area contributed by atoms with Gasteiger partial charge in [0.15, 0.2) is 0 Å². The van der Waals surface area contributed by atoms with E-state index in [0.717, 1.165) is 17.7 Å². The molecule has 0 saturated carbocycles. The molecular weight excluding hydrogens is 270 g/mol. The summed E-state index contributed by atoms with van der Waals surface area (Å²) in [5.74, 6) is -0.185. The zero-order valence-corrected chi connectivity index (χ0v) is 12.4. The summed E-state index contributed by atoms with van der Waals surface area (Å²) in [6.45, 7) is 1.51. The van der Waals surface area contributed by atoms with Crippen LogP contribution in [0.3, 0.4) is 0 Å². The van der Waals surface area contributed by atoms with Crippen LogP contribution in [-0.4, -0.2) is 31.6 Å². The molecule has 3 nitrogen and oxygen atoms in total. The van der Waals surface area contributed by atoms with Crippen LogP contribution in [0.2, 0.25) is 0 Å². The van der Waals surface area contributed by atoms with Crippen LogP contribution in [0.1, 0.15) is 16.7 Å². The average molecular weight is 287 g/mol. The maximum atomic E-state index is 12.7. The molecule has 0 radical (unpaired) electrons. The smallest absolute Gasteiger partial charge is 0.322 e. The van der Waals surface area contributed by atoms with Crippen LogP contribution in [0, 0.1) is 0 Å². The van der Waals surface area contributed by atoms with Gasteiger partial charge in [-0.05, 0) is 40.6 Å². The Morgan fingerprint density at radius 1 is 1.35 bits per heavy atom. The van der Waals surface area contributed by atoms with Crippen molar-refractivity contribution in [2.75, 3.05) is 20.7 Å². The molecule has 0 N–H and O–H groups in total. The second-order valence-electron chi connectivity index (χ2n) is 5.24. The van der Waals surface area contributed by atoms with E-state index in [0.29, 0.717) is 6.54 Å². The van der Waals surface area contributed by atoms with Crippen molar-refractivity contribution in [1.82, 2.24) is 4.90 Å². The summed E-state index contributed by atoms with van der Waals surface area (Å²) in [6, 6.07) is 10.2. The normalized spacial score (nSPS) is 22.3. The molecule has 3 rings (SSSR count). The van der Waals surface area contributed by atoms with E-state index in [9.17, 15) is 4.79 Å². The minimum Gasteiger partial charge on any atom is -0.468 e. The van der Waals surface area contributed by atoms with Crippen LogP contribution in [0.15, 0.2) is 41.1 Å². The molecule has 104 valence electrons. The Morgan fingerprint density at radius 2 is 2.15 bits per heavy atom. The van der Waals surface area contributed by atoms with Gasteiger partial charge in [-0.15, -0.1) is 0 Å². The third-order valence-corrected chi connectivity index (χ3v) is 4.66. The van der Waals surface area contributed by atoms with E-state index < -0.39 is 5.41 Å². The van der Waals surface area contributed by atoms with Gasteiger partial charge in [0.1, 0.15) is 5.41 Å². The van der Waals surface area contributed by atoms with Gasteiger partial charge in [-0.3, -0.25) is 4.79 Å². The minimum absolute atomic E-state index is 0.185. The van der Waals surface area contributed by atoms with Gasteiger partial charge in [0.2, 0.25) is 0 Å². The number of rotatable bonds is 2. The van der Waals surface area contributed by atoms with E-state index in [2.05, 4.69) is 17.0 Å². The second-order valence-corrected chi connectivity index (χ2v) is 6.02. The van der Waals surface area contributed by atoms with Gasteiger partial charge in [-0.25, -0.2) is 0 Å². The van der Waals surface area contributed by atoms with Crippen LogP contribution < -0.4 is 0 Å². The number of thiophene rings is 1. The summed E-state index contributed by atoms with van der Waals surface area (Å²) >= 11 is 1.61. The first-order valence-corrected chi connectivity index (χ1v) is 7.51. The number of ether oxygens (including phenoxy) is 1. The van der Waals surface area contributed by atoms with Crippen molar-refractivity contribution in [1.29, 1.82) is 0 Å². The highest BCUT2D eigenvalue weighted by Crippen LogP contribution is 2.40. The van der Waals surface area contributed by atoms with Crippen LogP contribution in [0.5, 0.6) is 0 Å². The number of esters is 1. The molecule has 0 spiro atoms. The molecule has 1 unspecified atom stereocenters. The van der Waals surface area contributed by atoms with E-state index in [1.807, 2.05) is 36.0 Å². The maximum Gasteiger partial charge on any atom is 0.322 e. The first kappa shape index (κ1) is 13.3. The lowest BCUT2D eigenvalue weighted by molar-refractivity contribution is -0.147. The van der Waals surface area contributed by atoms with Crippen LogP contribution in [0.25, 0.3) is 0 Å². The van der Waals surface area contributed by atoms with Crippen molar-refractivity contribution >= 4 is 17.3 Å². The standard InChI is InChI=1S/C16H17NO2S/c1-17-9-12-5-3-4-6-14(12)16(11-17,15(18)19-2)13-7-8-20-10-13/h3-8,10H,9,11H2,1-2H3. The molecule has 1 aromatic heterocycles. The molecule has 0 amide bonds. The molecule has 0 aliphatic carbocycles. The molecule has 1 aromatic carbocycles. The highest BCUT2D eigenvalue weighted by Gasteiger charge is 2.47.